The van der Waals surface area contributed by atoms with Gasteiger partial charge >= 0.3 is 0 Å². The van der Waals surface area contributed by atoms with Gasteiger partial charge in [0.2, 0.25) is 0 Å². The Kier molecular flexibility index (Phi) is 6.91. The van der Waals surface area contributed by atoms with Crippen LogP contribution in [0.4, 0.5) is 0 Å². The van der Waals surface area contributed by atoms with Crippen molar-refractivity contribution in [3.63, 3.8) is 0 Å². The van der Waals surface area contributed by atoms with E-state index in [9.17, 15) is 0 Å². The van der Waals surface area contributed by atoms with Gasteiger partial charge in [0, 0.05) is 12.4 Å². The third-order valence-electron chi connectivity index (χ3n) is 1.04. The maximum Gasteiger partial charge on any atom is 0.258 e. The molecule has 0 saturated heterocycles. The fraction of sp³-hybridized carbons (Fsp3) is 1.00. The van der Waals surface area contributed by atoms with Crippen LogP contribution in [0, 0.1) is 0 Å². The minimum Gasteiger partial charge on any atom is -0.407 e. The minimum atomic E-state index is -1.36. The molecule has 0 spiro atoms. The van der Waals surface area contributed by atoms with Gasteiger partial charge in [-0.25, -0.2) is 0 Å². The van der Waals surface area contributed by atoms with Crippen LogP contribution >= 0.6 is 21.0 Å². The Morgan fingerprint density at radius 2 is 1.91 bits per heavy atom. The monoisotopic (exact) mass is 210 g/mol. The molecule has 11 heavy (non-hydrogen) atoms. The molecule has 0 radical (unpaired) electrons. The quantitative estimate of drug-likeness (QED) is 0.377. The summed E-state index contributed by atoms with van der Waals surface area (Å²) in [5.74, 6) is 1.24. The van der Waals surface area contributed by atoms with Crippen molar-refractivity contribution >= 4 is 28.5 Å². The molecule has 0 aliphatic rings. The first-order chi connectivity index (χ1) is 5.12. The molecule has 0 aliphatic carbocycles. The molecular formula is C7H18OS2Si. The number of hydrogen-bond acceptors (Lipinski definition) is 3. The van der Waals surface area contributed by atoms with Gasteiger partial charge < -0.3 is 4.43 Å². The predicted octanol–water partition coefficient (Wildman–Crippen LogP) is 3.52. The van der Waals surface area contributed by atoms with Crippen LogP contribution < -0.4 is 0 Å². The molecule has 68 valence electrons. The SMILES string of the molecule is CCCSS[Si](C)(C)OCC. The normalized spacial score (nSPS) is 12.0. The van der Waals surface area contributed by atoms with Gasteiger partial charge in [-0.2, -0.15) is 0 Å². The molecule has 0 aromatic carbocycles. The van der Waals surface area contributed by atoms with Crippen molar-refractivity contribution in [3.05, 3.63) is 0 Å². The maximum atomic E-state index is 5.66. The highest BCUT2D eigenvalue weighted by Crippen LogP contribution is 2.33. The summed E-state index contributed by atoms with van der Waals surface area (Å²) in [7, 11) is 2.55. The summed E-state index contributed by atoms with van der Waals surface area (Å²) in [5.41, 5.74) is 0. The second-order valence-corrected chi connectivity index (χ2v) is 12.3. The average molecular weight is 210 g/mol. The van der Waals surface area contributed by atoms with Crippen molar-refractivity contribution in [1.82, 2.24) is 0 Å². The zero-order valence-corrected chi connectivity index (χ0v) is 10.5. The zero-order valence-electron chi connectivity index (χ0n) is 7.85. The first kappa shape index (κ1) is 11.9. The molecule has 0 aromatic heterocycles. The van der Waals surface area contributed by atoms with Crippen LogP contribution in [0.2, 0.25) is 13.1 Å². The summed E-state index contributed by atoms with van der Waals surface area (Å²) in [6.45, 7) is 9.65. The van der Waals surface area contributed by atoms with Gasteiger partial charge in [-0.1, -0.05) is 28.0 Å². The summed E-state index contributed by atoms with van der Waals surface area (Å²) < 4.78 is 5.66. The van der Waals surface area contributed by atoms with Gasteiger partial charge in [0.15, 0.2) is 0 Å². The van der Waals surface area contributed by atoms with Crippen molar-refractivity contribution in [2.75, 3.05) is 12.4 Å². The highest BCUT2D eigenvalue weighted by atomic mass is 33.2. The topological polar surface area (TPSA) is 9.23 Å². The van der Waals surface area contributed by atoms with Gasteiger partial charge in [-0.3, -0.25) is 0 Å². The molecule has 0 amide bonds. The van der Waals surface area contributed by atoms with Crippen LogP contribution in [-0.2, 0) is 4.43 Å². The molecule has 0 heterocycles. The van der Waals surface area contributed by atoms with E-state index in [1.54, 1.807) is 0 Å². The molecule has 1 nitrogen and oxygen atoms in total. The Morgan fingerprint density at radius 1 is 1.27 bits per heavy atom. The molecule has 0 aliphatic heterocycles. The molecule has 4 heteroatoms. The van der Waals surface area contributed by atoms with Crippen molar-refractivity contribution in [3.8, 4) is 0 Å². The lowest BCUT2D eigenvalue weighted by atomic mass is 10.6. The second kappa shape index (κ2) is 6.40. The van der Waals surface area contributed by atoms with Crippen LogP contribution in [0.25, 0.3) is 0 Å². The summed E-state index contributed by atoms with van der Waals surface area (Å²) in [6, 6.07) is 0. The van der Waals surface area contributed by atoms with Crippen molar-refractivity contribution in [2.45, 2.75) is 33.4 Å². The summed E-state index contributed by atoms with van der Waals surface area (Å²) in [5, 5.41) is 0. The third kappa shape index (κ3) is 7.24. The molecule has 0 fully saturated rings. The molecule has 0 N–H and O–H groups in total. The Balaban J connectivity index is 3.38. The van der Waals surface area contributed by atoms with Crippen LogP contribution in [0.5, 0.6) is 0 Å². The molecule has 0 saturated carbocycles. The first-order valence-electron chi connectivity index (χ1n) is 4.07. The van der Waals surface area contributed by atoms with E-state index >= 15 is 0 Å². The van der Waals surface area contributed by atoms with Gasteiger partial charge in [0.25, 0.3) is 7.47 Å². The Morgan fingerprint density at radius 3 is 2.36 bits per heavy atom. The maximum absolute atomic E-state index is 5.66. The van der Waals surface area contributed by atoms with E-state index < -0.39 is 7.47 Å². The molecule has 0 bridgehead atoms. The predicted molar refractivity (Wildman–Crippen MR) is 59.4 cm³/mol. The summed E-state index contributed by atoms with van der Waals surface area (Å²) >= 11 is 0. The summed E-state index contributed by atoms with van der Waals surface area (Å²) in [4.78, 5) is 0. The molecule has 0 rings (SSSR count). The lowest BCUT2D eigenvalue weighted by Crippen LogP contribution is -2.24. The zero-order chi connectivity index (χ0) is 8.74. The largest absolute Gasteiger partial charge is 0.407 e. The number of hydrogen-bond donors (Lipinski definition) is 0. The van der Waals surface area contributed by atoms with Crippen molar-refractivity contribution < 1.29 is 4.43 Å². The van der Waals surface area contributed by atoms with E-state index in [1.165, 1.54) is 12.2 Å². The smallest absolute Gasteiger partial charge is 0.258 e. The van der Waals surface area contributed by atoms with Crippen molar-refractivity contribution in [1.29, 1.82) is 0 Å². The molecule has 0 aromatic rings. The lowest BCUT2D eigenvalue weighted by molar-refractivity contribution is 0.345. The minimum absolute atomic E-state index is 0.860. The van der Waals surface area contributed by atoms with E-state index in [-0.39, 0.29) is 0 Å². The highest BCUT2D eigenvalue weighted by Gasteiger charge is 2.22. The molecule has 0 unspecified atom stereocenters. The van der Waals surface area contributed by atoms with Crippen LogP contribution in [0.15, 0.2) is 0 Å². The molecular weight excluding hydrogens is 192 g/mol. The van der Waals surface area contributed by atoms with Gasteiger partial charge in [0.05, 0.1) is 0 Å². The third-order valence-corrected chi connectivity index (χ3v) is 10.2. The lowest BCUT2D eigenvalue weighted by Gasteiger charge is -2.19. The van der Waals surface area contributed by atoms with Crippen LogP contribution in [-0.4, -0.2) is 19.8 Å². The van der Waals surface area contributed by atoms with Gasteiger partial charge in [-0.05, 0) is 26.4 Å². The van der Waals surface area contributed by atoms with Gasteiger partial charge in [0.1, 0.15) is 0 Å². The van der Waals surface area contributed by atoms with E-state index in [0.29, 0.717) is 0 Å². The first-order valence-corrected chi connectivity index (χ1v) is 10.0. The van der Waals surface area contributed by atoms with Crippen molar-refractivity contribution in [2.24, 2.45) is 0 Å². The van der Waals surface area contributed by atoms with E-state index in [2.05, 4.69) is 26.9 Å². The Hall–Kier alpha value is 0.877. The average Bonchev–Trinajstić information content (AvgIpc) is 1.87. The van der Waals surface area contributed by atoms with Crippen LogP contribution in [0.3, 0.4) is 0 Å². The van der Waals surface area contributed by atoms with E-state index in [1.807, 2.05) is 21.0 Å². The Labute approximate surface area is 78.8 Å². The number of rotatable bonds is 6. The fourth-order valence-electron chi connectivity index (χ4n) is 0.639. The standard InChI is InChI=1S/C7H18OS2Si/c1-5-7-9-10-11(3,4)8-6-2/h5-7H2,1-4H3. The van der Waals surface area contributed by atoms with Crippen LogP contribution in [0.1, 0.15) is 20.3 Å². The van der Waals surface area contributed by atoms with Gasteiger partial charge in [-0.15, -0.1) is 0 Å². The Bertz CT molecular complexity index is 98.4. The highest BCUT2D eigenvalue weighted by molar-refractivity contribution is 8.87. The molecule has 0 atom stereocenters. The van der Waals surface area contributed by atoms with E-state index in [4.69, 9.17) is 4.43 Å². The second-order valence-electron chi connectivity index (χ2n) is 2.74. The summed E-state index contributed by atoms with van der Waals surface area (Å²) in [6.07, 6.45) is 1.26. The van der Waals surface area contributed by atoms with E-state index in [0.717, 1.165) is 6.61 Å². The fourth-order valence-corrected chi connectivity index (χ4v) is 7.75.